The summed E-state index contributed by atoms with van der Waals surface area (Å²) in [6.07, 6.45) is -0.967. The fourth-order valence-corrected chi connectivity index (χ4v) is 4.65. The Kier molecular flexibility index (Phi) is 4.70. The van der Waals surface area contributed by atoms with Gasteiger partial charge in [0.25, 0.3) is 15.9 Å². The van der Waals surface area contributed by atoms with Gasteiger partial charge < -0.3 is 4.74 Å². The van der Waals surface area contributed by atoms with E-state index < -0.39 is 27.4 Å². The smallest absolute Gasteiger partial charge is 0.278 e. The number of rotatable bonds is 4. The van der Waals surface area contributed by atoms with Crippen LogP contribution in [0.5, 0.6) is 5.75 Å². The van der Waals surface area contributed by atoms with Gasteiger partial charge in [0.2, 0.25) is 0 Å². The third-order valence-corrected chi connectivity index (χ3v) is 6.40. The van der Waals surface area contributed by atoms with Crippen LogP contribution in [-0.2, 0) is 14.8 Å². The van der Waals surface area contributed by atoms with Crippen molar-refractivity contribution in [2.75, 3.05) is 6.54 Å². The highest BCUT2D eigenvalue weighted by Crippen LogP contribution is 2.37. The van der Waals surface area contributed by atoms with Crippen LogP contribution in [-0.4, -0.2) is 31.3 Å². The van der Waals surface area contributed by atoms with E-state index in [9.17, 15) is 18.5 Å². The molecule has 0 N–H and O–H groups in total. The minimum Gasteiger partial charge on any atom is -0.480 e. The van der Waals surface area contributed by atoms with E-state index in [-0.39, 0.29) is 11.4 Å². The molecule has 1 aliphatic rings. The number of hydrogen-bond acceptors (Lipinski definition) is 5. The van der Waals surface area contributed by atoms with Gasteiger partial charge in [-0.15, -0.1) is 0 Å². The first kappa shape index (κ1) is 18.9. The third kappa shape index (κ3) is 3.40. The first-order valence-corrected chi connectivity index (χ1v) is 9.90. The molecule has 1 aliphatic heterocycles. The molecule has 1 unspecified atom stereocenters. The second-order valence-electron chi connectivity index (χ2n) is 7.24. The summed E-state index contributed by atoms with van der Waals surface area (Å²) >= 11 is 0. The zero-order chi connectivity index (χ0) is 19.8. The lowest BCUT2D eigenvalue weighted by Crippen LogP contribution is -2.38. The number of nitrogens with zero attached hydrogens (tertiary/aromatic N) is 2. The van der Waals surface area contributed by atoms with Gasteiger partial charge in [0.05, 0.1) is 16.5 Å². The number of nitriles is 1. The quantitative estimate of drug-likeness (QED) is 0.809. The molecule has 2 aromatic carbocycles. The Morgan fingerprint density at radius 1 is 1.19 bits per heavy atom. The Labute approximate surface area is 159 Å². The SMILES string of the molecule is Cc1ccc(OC2C(=O)N(S(=O)(=O)c3ccccc3)CC2(C)C)cc1C#N. The molecule has 140 valence electrons. The Morgan fingerprint density at radius 3 is 2.48 bits per heavy atom. The van der Waals surface area contributed by atoms with Gasteiger partial charge in [-0.3, -0.25) is 4.79 Å². The molecule has 0 spiro atoms. The van der Waals surface area contributed by atoms with Crippen molar-refractivity contribution in [1.82, 2.24) is 4.31 Å². The summed E-state index contributed by atoms with van der Waals surface area (Å²) in [5, 5.41) is 9.17. The second-order valence-corrected chi connectivity index (χ2v) is 9.10. The van der Waals surface area contributed by atoms with Crippen LogP contribution in [0.1, 0.15) is 25.0 Å². The van der Waals surface area contributed by atoms with E-state index in [2.05, 4.69) is 6.07 Å². The van der Waals surface area contributed by atoms with Gasteiger partial charge in [0.15, 0.2) is 6.10 Å². The van der Waals surface area contributed by atoms with Crippen LogP contribution >= 0.6 is 0 Å². The summed E-state index contributed by atoms with van der Waals surface area (Å²) in [5.74, 6) is -0.245. The molecule has 27 heavy (non-hydrogen) atoms. The molecule has 1 heterocycles. The Hall–Kier alpha value is -2.85. The van der Waals surface area contributed by atoms with Crippen molar-refractivity contribution in [3.8, 4) is 11.8 Å². The minimum absolute atomic E-state index is 0.0185. The van der Waals surface area contributed by atoms with Crippen molar-refractivity contribution < 1.29 is 17.9 Å². The average molecular weight is 384 g/mol. The minimum atomic E-state index is -3.95. The molecule has 6 nitrogen and oxygen atoms in total. The number of benzene rings is 2. The zero-order valence-corrected chi connectivity index (χ0v) is 16.2. The molecule has 0 bridgehead atoms. The molecule has 1 fully saturated rings. The van der Waals surface area contributed by atoms with Crippen LogP contribution in [0, 0.1) is 23.7 Å². The molecule has 2 aromatic rings. The molecule has 1 saturated heterocycles. The maximum atomic E-state index is 12.9. The van der Waals surface area contributed by atoms with E-state index in [1.54, 1.807) is 57.2 Å². The van der Waals surface area contributed by atoms with Crippen LogP contribution in [0.4, 0.5) is 0 Å². The molecule has 3 rings (SSSR count). The first-order valence-electron chi connectivity index (χ1n) is 8.46. The number of carbonyl (C=O) groups excluding carboxylic acids is 1. The summed E-state index contributed by atoms with van der Waals surface area (Å²) < 4.78 is 32.5. The summed E-state index contributed by atoms with van der Waals surface area (Å²) in [6.45, 7) is 5.40. The van der Waals surface area contributed by atoms with E-state index in [0.717, 1.165) is 9.87 Å². The molecule has 1 amide bonds. The summed E-state index contributed by atoms with van der Waals surface area (Å²) in [5.41, 5.74) is 0.524. The number of carbonyl (C=O) groups is 1. The third-order valence-electron chi connectivity index (χ3n) is 4.65. The molecule has 0 saturated carbocycles. The fraction of sp³-hybridized carbons (Fsp3) is 0.300. The average Bonchev–Trinajstić information content (AvgIpc) is 2.88. The van der Waals surface area contributed by atoms with Gasteiger partial charge in [-0.1, -0.05) is 38.1 Å². The van der Waals surface area contributed by atoms with Crippen LogP contribution in [0.2, 0.25) is 0 Å². The van der Waals surface area contributed by atoms with Gasteiger partial charge in [-0.2, -0.15) is 5.26 Å². The highest BCUT2D eigenvalue weighted by molar-refractivity contribution is 7.89. The Morgan fingerprint density at radius 2 is 1.85 bits per heavy atom. The molecule has 0 radical (unpaired) electrons. The van der Waals surface area contributed by atoms with Gasteiger partial charge in [0, 0.05) is 12.0 Å². The number of ether oxygens (including phenoxy) is 1. The van der Waals surface area contributed by atoms with Crippen LogP contribution < -0.4 is 4.74 Å². The van der Waals surface area contributed by atoms with E-state index in [1.165, 1.54) is 12.1 Å². The molecule has 7 heteroatoms. The number of hydrogen-bond donors (Lipinski definition) is 0. The van der Waals surface area contributed by atoms with Crippen molar-refractivity contribution in [3.05, 3.63) is 59.7 Å². The topological polar surface area (TPSA) is 87.5 Å². The monoisotopic (exact) mass is 384 g/mol. The lowest BCUT2D eigenvalue weighted by atomic mass is 9.89. The highest BCUT2D eigenvalue weighted by Gasteiger charge is 2.52. The lowest BCUT2D eigenvalue weighted by molar-refractivity contribution is -0.130. The molecule has 0 aliphatic carbocycles. The maximum Gasteiger partial charge on any atom is 0.278 e. The van der Waals surface area contributed by atoms with Crippen LogP contribution in [0.3, 0.4) is 0 Å². The highest BCUT2D eigenvalue weighted by atomic mass is 32.2. The van der Waals surface area contributed by atoms with Crippen molar-refractivity contribution >= 4 is 15.9 Å². The fourth-order valence-electron chi connectivity index (χ4n) is 3.06. The zero-order valence-electron chi connectivity index (χ0n) is 15.3. The van der Waals surface area contributed by atoms with Crippen molar-refractivity contribution in [2.24, 2.45) is 5.41 Å². The van der Waals surface area contributed by atoms with Gasteiger partial charge in [0.1, 0.15) is 5.75 Å². The normalized spacial score (nSPS) is 19.0. The number of amides is 1. The summed E-state index contributed by atoms with van der Waals surface area (Å²) in [6, 6.07) is 14.9. The van der Waals surface area contributed by atoms with E-state index in [1.807, 2.05) is 0 Å². The largest absolute Gasteiger partial charge is 0.480 e. The lowest BCUT2D eigenvalue weighted by Gasteiger charge is -2.24. The molecule has 0 aromatic heterocycles. The Balaban J connectivity index is 1.92. The Bertz CT molecular complexity index is 1020. The van der Waals surface area contributed by atoms with E-state index >= 15 is 0 Å². The van der Waals surface area contributed by atoms with Crippen molar-refractivity contribution in [1.29, 1.82) is 5.26 Å². The molecule has 1 atom stereocenters. The number of aryl methyl sites for hydroxylation is 1. The van der Waals surface area contributed by atoms with Crippen LogP contribution in [0.25, 0.3) is 0 Å². The van der Waals surface area contributed by atoms with Gasteiger partial charge >= 0.3 is 0 Å². The van der Waals surface area contributed by atoms with Crippen LogP contribution in [0.15, 0.2) is 53.4 Å². The number of sulfonamides is 1. The molecular formula is C20H20N2O4S. The predicted octanol–water partition coefficient (Wildman–Crippen LogP) is 2.87. The second kappa shape index (κ2) is 6.71. The van der Waals surface area contributed by atoms with Crippen molar-refractivity contribution in [2.45, 2.75) is 31.8 Å². The summed E-state index contributed by atoms with van der Waals surface area (Å²) in [4.78, 5) is 13.0. The van der Waals surface area contributed by atoms with Crippen molar-refractivity contribution in [3.63, 3.8) is 0 Å². The maximum absolute atomic E-state index is 12.9. The van der Waals surface area contributed by atoms with Gasteiger partial charge in [-0.05, 0) is 36.8 Å². The predicted molar refractivity (Wildman–Crippen MR) is 99.4 cm³/mol. The van der Waals surface area contributed by atoms with Gasteiger partial charge in [-0.25, -0.2) is 12.7 Å². The standard InChI is InChI=1S/C20H20N2O4S/c1-14-9-10-16(11-15(14)12-21)26-18-19(23)22(13-20(18,2)3)27(24,25)17-7-5-4-6-8-17/h4-11,18H,13H2,1-3H3. The van der Waals surface area contributed by atoms with E-state index in [4.69, 9.17) is 4.74 Å². The summed E-state index contributed by atoms with van der Waals surface area (Å²) in [7, 11) is -3.95. The first-order chi connectivity index (χ1) is 12.7. The molecular weight excluding hydrogens is 364 g/mol. The van der Waals surface area contributed by atoms with E-state index in [0.29, 0.717) is 11.3 Å².